The van der Waals surface area contributed by atoms with Crippen molar-refractivity contribution in [2.45, 2.75) is 32.8 Å². The summed E-state index contributed by atoms with van der Waals surface area (Å²) in [5.41, 5.74) is 4.02. The van der Waals surface area contributed by atoms with Crippen LogP contribution in [-0.4, -0.2) is 24.7 Å². The third kappa shape index (κ3) is 2.67. The van der Waals surface area contributed by atoms with E-state index in [0.717, 1.165) is 17.8 Å². The van der Waals surface area contributed by atoms with Crippen molar-refractivity contribution in [2.24, 2.45) is 14.1 Å². The Labute approximate surface area is 117 Å². The van der Waals surface area contributed by atoms with Crippen LogP contribution in [0.1, 0.15) is 35.2 Å². The average Bonchev–Trinajstić information content (AvgIpc) is 2.79. The van der Waals surface area contributed by atoms with Gasteiger partial charge in [0.25, 0.3) is 0 Å². The van der Waals surface area contributed by atoms with Crippen molar-refractivity contribution in [1.29, 1.82) is 0 Å². The minimum Gasteiger partial charge on any atom is -0.387 e. The number of hydrogen-bond acceptors (Lipinski definition) is 3. The van der Waals surface area contributed by atoms with Gasteiger partial charge in [-0.2, -0.15) is 10.2 Å². The number of aliphatic hydroxyl groups excluding tert-OH is 1. The first kappa shape index (κ1) is 14.1. The molecule has 5 nitrogen and oxygen atoms in total. The van der Waals surface area contributed by atoms with E-state index in [9.17, 15) is 5.11 Å². The Morgan fingerprint density at radius 1 is 1.32 bits per heavy atom. The van der Waals surface area contributed by atoms with Crippen LogP contribution in [0.4, 0.5) is 0 Å². The molecule has 0 aromatic carbocycles. The molecule has 0 aliphatic heterocycles. The third-order valence-corrected chi connectivity index (χ3v) is 3.87. The van der Waals surface area contributed by atoms with Crippen LogP contribution in [-0.2, 0) is 20.5 Å². The van der Waals surface area contributed by atoms with Crippen LogP contribution in [0, 0.1) is 13.8 Å². The Balaban J connectivity index is 2.11. The lowest BCUT2D eigenvalue weighted by atomic mass is 10.0. The van der Waals surface area contributed by atoms with E-state index in [1.54, 1.807) is 17.9 Å². The maximum Gasteiger partial charge on any atom is 0.0974 e. The highest BCUT2D eigenvalue weighted by Gasteiger charge is 2.18. The molecular weight excluding hydrogens is 264 g/mol. The lowest BCUT2D eigenvalue weighted by Crippen LogP contribution is -2.07. The Morgan fingerprint density at radius 3 is 2.47 bits per heavy atom. The fourth-order valence-corrected chi connectivity index (χ4v) is 2.68. The molecule has 1 N–H and O–H groups in total. The molecule has 0 radical (unpaired) electrons. The summed E-state index contributed by atoms with van der Waals surface area (Å²) >= 11 is 6.03. The highest BCUT2D eigenvalue weighted by Crippen LogP contribution is 2.26. The number of hydrogen-bond donors (Lipinski definition) is 1. The first-order chi connectivity index (χ1) is 8.91. The molecule has 2 aromatic heterocycles. The van der Waals surface area contributed by atoms with E-state index < -0.39 is 6.10 Å². The average molecular weight is 283 g/mol. The van der Waals surface area contributed by atoms with Crippen LogP contribution in [0.25, 0.3) is 0 Å². The first-order valence-electron chi connectivity index (χ1n) is 6.26. The van der Waals surface area contributed by atoms with Crippen molar-refractivity contribution in [3.63, 3.8) is 0 Å². The summed E-state index contributed by atoms with van der Waals surface area (Å²) in [7, 11) is 3.71. The summed E-state index contributed by atoms with van der Waals surface area (Å²) in [4.78, 5) is 0. The van der Waals surface area contributed by atoms with E-state index in [0.29, 0.717) is 17.1 Å². The van der Waals surface area contributed by atoms with Gasteiger partial charge >= 0.3 is 0 Å². The molecule has 2 aromatic rings. The fraction of sp³-hybridized carbons (Fsp3) is 0.538. The van der Waals surface area contributed by atoms with Crippen LogP contribution in [0.5, 0.6) is 0 Å². The molecule has 2 heterocycles. The van der Waals surface area contributed by atoms with Crippen molar-refractivity contribution < 1.29 is 5.11 Å². The third-order valence-electron chi connectivity index (χ3n) is 3.58. The second kappa shape index (κ2) is 5.35. The fourth-order valence-electron chi connectivity index (χ4n) is 2.39. The molecule has 0 aliphatic carbocycles. The minimum absolute atomic E-state index is 0.509. The summed E-state index contributed by atoms with van der Waals surface area (Å²) in [6.45, 7) is 4.03. The molecule has 6 heteroatoms. The van der Waals surface area contributed by atoms with E-state index in [2.05, 4.69) is 10.2 Å². The van der Waals surface area contributed by atoms with Crippen LogP contribution < -0.4 is 0 Å². The number of aliphatic hydroxyl groups is 1. The largest absolute Gasteiger partial charge is 0.387 e. The number of nitrogens with zero attached hydrogens (tertiary/aromatic N) is 4. The zero-order valence-corrected chi connectivity index (χ0v) is 12.4. The maximum absolute atomic E-state index is 10.2. The van der Waals surface area contributed by atoms with Crippen molar-refractivity contribution in [3.8, 4) is 0 Å². The highest BCUT2D eigenvalue weighted by molar-refractivity contribution is 6.31. The predicted octanol–water partition coefficient (Wildman–Crippen LogP) is 2.09. The first-order valence-corrected chi connectivity index (χ1v) is 6.64. The molecule has 104 valence electrons. The SMILES string of the molecule is Cc1nn(C)c(C)c1CCC(O)c1c(Cl)cnn1C. The summed E-state index contributed by atoms with van der Waals surface area (Å²) in [5.74, 6) is 0. The summed E-state index contributed by atoms with van der Waals surface area (Å²) in [6, 6.07) is 0. The Kier molecular flexibility index (Phi) is 3.96. The highest BCUT2D eigenvalue weighted by atomic mass is 35.5. The second-order valence-electron chi connectivity index (χ2n) is 4.83. The number of aryl methyl sites for hydroxylation is 3. The Bertz CT molecular complexity index is 568. The van der Waals surface area contributed by atoms with Gasteiger partial charge in [-0.25, -0.2) is 0 Å². The van der Waals surface area contributed by atoms with Gasteiger partial charge in [0.1, 0.15) is 0 Å². The number of aromatic nitrogens is 4. The molecule has 19 heavy (non-hydrogen) atoms. The zero-order chi connectivity index (χ0) is 14.2. The monoisotopic (exact) mass is 282 g/mol. The van der Waals surface area contributed by atoms with Crippen molar-refractivity contribution in [3.05, 3.63) is 33.9 Å². The van der Waals surface area contributed by atoms with Gasteiger partial charge in [0, 0.05) is 19.8 Å². The summed E-state index contributed by atoms with van der Waals surface area (Å²) < 4.78 is 3.49. The second-order valence-corrected chi connectivity index (χ2v) is 5.24. The van der Waals surface area contributed by atoms with Crippen molar-refractivity contribution >= 4 is 11.6 Å². The van der Waals surface area contributed by atoms with Gasteiger partial charge in [-0.1, -0.05) is 11.6 Å². The van der Waals surface area contributed by atoms with Gasteiger partial charge in [0.15, 0.2) is 0 Å². The van der Waals surface area contributed by atoms with E-state index in [1.165, 1.54) is 5.56 Å². The summed E-state index contributed by atoms with van der Waals surface area (Å²) in [6.07, 6.45) is 2.32. The van der Waals surface area contributed by atoms with Gasteiger partial charge in [-0.15, -0.1) is 0 Å². The topological polar surface area (TPSA) is 55.9 Å². The van der Waals surface area contributed by atoms with Crippen molar-refractivity contribution in [2.75, 3.05) is 0 Å². The number of rotatable bonds is 4. The molecule has 0 spiro atoms. The van der Waals surface area contributed by atoms with Crippen LogP contribution in [0.15, 0.2) is 6.20 Å². The van der Waals surface area contributed by atoms with E-state index >= 15 is 0 Å². The standard InChI is InChI=1S/C13H19ClN4O/c1-8-10(9(2)17(3)16-8)5-6-12(19)13-11(14)7-15-18(13)4/h7,12,19H,5-6H2,1-4H3. The molecule has 0 aliphatic rings. The smallest absolute Gasteiger partial charge is 0.0974 e. The van der Waals surface area contributed by atoms with Crippen LogP contribution in [0.3, 0.4) is 0 Å². The molecule has 0 saturated heterocycles. The lowest BCUT2D eigenvalue weighted by molar-refractivity contribution is 0.158. The quantitative estimate of drug-likeness (QED) is 0.934. The lowest BCUT2D eigenvalue weighted by Gasteiger charge is -2.12. The van der Waals surface area contributed by atoms with E-state index in [-0.39, 0.29) is 0 Å². The molecule has 0 saturated carbocycles. The summed E-state index contributed by atoms with van der Waals surface area (Å²) in [5, 5.41) is 19.2. The molecule has 0 fully saturated rings. The minimum atomic E-state index is -0.612. The van der Waals surface area contributed by atoms with E-state index in [4.69, 9.17) is 11.6 Å². The predicted molar refractivity (Wildman–Crippen MR) is 74.2 cm³/mol. The normalized spacial score (nSPS) is 12.9. The molecule has 1 atom stereocenters. The van der Waals surface area contributed by atoms with Gasteiger partial charge in [-0.05, 0) is 32.3 Å². The van der Waals surface area contributed by atoms with Gasteiger partial charge < -0.3 is 5.11 Å². The van der Waals surface area contributed by atoms with E-state index in [1.807, 2.05) is 25.6 Å². The molecule has 0 bridgehead atoms. The van der Waals surface area contributed by atoms with Crippen LogP contribution >= 0.6 is 11.6 Å². The zero-order valence-electron chi connectivity index (χ0n) is 11.7. The van der Waals surface area contributed by atoms with Crippen molar-refractivity contribution in [1.82, 2.24) is 19.6 Å². The van der Waals surface area contributed by atoms with Crippen LogP contribution in [0.2, 0.25) is 5.02 Å². The Morgan fingerprint density at radius 2 is 2.00 bits per heavy atom. The molecular formula is C13H19ClN4O. The van der Waals surface area contributed by atoms with Gasteiger partial charge in [0.05, 0.1) is 28.7 Å². The number of halogens is 1. The Hall–Kier alpha value is -1.33. The van der Waals surface area contributed by atoms with Gasteiger partial charge in [0.2, 0.25) is 0 Å². The maximum atomic E-state index is 10.2. The molecule has 0 amide bonds. The van der Waals surface area contributed by atoms with Gasteiger partial charge in [-0.3, -0.25) is 9.36 Å². The molecule has 2 rings (SSSR count). The molecule has 1 unspecified atom stereocenters.